The van der Waals surface area contributed by atoms with Gasteiger partial charge in [0, 0.05) is 13.0 Å². The lowest BCUT2D eigenvalue weighted by molar-refractivity contribution is -0.141. The molecule has 0 aliphatic rings. The normalized spacial score (nSPS) is 10.7. The number of methoxy groups -OCH3 is 1. The van der Waals surface area contributed by atoms with Crippen LogP contribution < -0.4 is 5.32 Å². The summed E-state index contributed by atoms with van der Waals surface area (Å²) < 4.78 is 6.68. The molecule has 140 valence electrons. The number of benzene rings is 2. The molecule has 0 saturated heterocycles. The van der Waals surface area contributed by atoms with Crippen molar-refractivity contribution in [3.8, 4) is 0 Å². The van der Waals surface area contributed by atoms with E-state index in [1.165, 1.54) is 7.11 Å². The molecule has 0 atom stereocenters. The Labute approximate surface area is 158 Å². The van der Waals surface area contributed by atoms with E-state index in [-0.39, 0.29) is 18.4 Å². The fraction of sp³-hybridized carbons (Fsp3) is 0.286. The lowest BCUT2D eigenvalue weighted by Crippen LogP contribution is -2.26. The number of esters is 1. The molecule has 6 nitrogen and oxygen atoms in total. The number of fused-ring (bicyclic) bond motifs is 1. The first kappa shape index (κ1) is 18.6. The number of ether oxygens (including phenoxy) is 1. The van der Waals surface area contributed by atoms with E-state index in [2.05, 4.69) is 10.3 Å². The van der Waals surface area contributed by atoms with Gasteiger partial charge in [-0.3, -0.25) is 9.59 Å². The Hall–Kier alpha value is -3.15. The van der Waals surface area contributed by atoms with Crippen molar-refractivity contribution >= 4 is 22.9 Å². The fourth-order valence-corrected chi connectivity index (χ4v) is 3.00. The standard InChI is InChI=1S/C21H23N3O3/c1-27-21(26)15-24-18-11-6-5-10-17(18)23-19(24)12-7-13-22-20(25)14-16-8-3-2-4-9-16/h2-6,8-11H,7,12-15H2,1H3,(H,22,25). The third-order valence-corrected chi connectivity index (χ3v) is 4.36. The van der Waals surface area contributed by atoms with Crippen molar-refractivity contribution in [3.05, 3.63) is 66.0 Å². The van der Waals surface area contributed by atoms with Gasteiger partial charge in [0.1, 0.15) is 12.4 Å². The second-order valence-corrected chi connectivity index (χ2v) is 6.29. The van der Waals surface area contributed by atoms with Crippen molar-refractivity contribution in [3.63, 3.8) is 0 Å². The Morgan fingerprint density at radius 1 is 1.07 bits per heavy atom. The van der Waals surface area contributed by atoms with Crippen LogP contribution in [0.2, 0.25) is 0 Å². The Bertz CT molecular complexity index is 919. The summed E-state index contributed by atoms with van der Waals surface area (Å²) in [4.78, 5) is 28.4. The lowest BCUT2D eigenvalue weighted by Gasteiger charge is -2.09. The molecule has 2 aromatic carbocycles. The van der Waals surface area contributed by atoms with Gasteiger partial charge >= 0.3 is 5.97 Å². The summed E-state index contributed by atoms with van der Waals surface area (Å²) in [6.07, 6.45) is 1.78. The van der Waals surface area contributed by atoms with Crippen LogP contribution in [0.4, 0.5) is 0 Å². The van der Waals surface area contributed by atoms with Gasteiger partial charge in [-0.1, -0.05) is 42.5 Å². The molecule has 0 spiro atoms. The highest BCUT2D eigenvalue weighted by atomic mass is 16.5. The number of aryl methyl sites for hydroxylation is 1. The van der Waals surface area contributed by atoms with Crippen molar-refractivity contribution in [1.82, 2.24) is 14.9 Å². The van der Waals surface area contributed by atoms with Crippen LogP contribution in [-0.4, -0.2) is 35.1 Å². The summed E-state index contributed by atoms with van der Waals surface area (Å²) in [7, 11) is 1.38. The van der Waals surface area contributed by atoms with Gasteiger partial charge in [0.2, 0.25) is 5.91 Å². The van der Waals surface area contributed by atoms with Gasteiger partial charge in [-0.2, -0.15) is 0 Å². The van der Waals surface area contributed by atoms with Gasteiger partial charge in [0.25, 0.3) is 0 Å². The molecular weight excluding hydrogens is 342 g/mol. The number of carbonyl (C=O) groups is 2. The number of amides is 1. The zero-order chi connectivity index (χ0) is 19.1. The Morgan fingerprint density at radius 3 is 2.59 bits per heavy atom. The minimum atomic E-state index is -0.310. The Kier molecular flexibility index (Phi) is 6.20. The lowest BCUT2D eigenvalue weighted by atomic mass is 10.1. The van der Waals surface area contributed by atoms with Crippen LogP contribution in [0.15, 0.2) is 54.6 Å². The van der Waals surface area contributed by atoms with Crippen LogP contribution in [0.3, 0.4) is 0 Å². The number of rotatable bonds is 8. The predicted octanol–water partition coefficient (Wildman–Crippen LogP) is 2.50. The van der Waals surface area contributed by atoms with E-state index in [1.807, 2.05) is 59.2 Å². The Morgan fingerprint density at radius 2 is 1.81 bits per heavy atom. The molecule has 27 heavy (non-hydrogen) atoms. The largest absolute Gasteiger partial charge is 0.468 e. The van der Waals surface area contributed by atoms with E-state index in [4.69, 9.17) is 4.74 Å². The van der Waals surface area contributed by atoms with E-state index < -0.39 is 0 Å². The SMILES string of the molecule is COC(=O)Cn1c(CCCNC(=O)Cc2ccccc2)nc2ccccc21. The fourth-order valence-electron chi connectivity index (χ4n) is 3.00. The van der Waals surface area contributed by atoms with Crippen molar-refractivity contribution in [2.24, 2.45) is 0 Å². The summed E-state index contributed by atoms with van der Waals surface area (Å²) in [5.41, 5.74) is 2.76. The third-order valence-electron chi connectivity index (χ3n) is 4.36. The predicted molar refractivity (Wildman–Crippen MR) is 103 cm³/mol. The van der Waals surface area contributed by atoms with E-state index in [0.717, 1.165) is 28.8 Å². The van der Waals surface area contributed by atoms with Gasteiger partial charge in [-0.25, -0.2) is 4.98 Å². The van der Waals surface area contributed by atoms with Crippen molar-refractivity contribution < 1.29 is 14.3 Å². The molecule has 3 rings (SSSR count). The summed E-state index contributed by atoms with van der Waals surface area (Å²) in [5, 5.41) is 2.94. The number of para-hydroxylation sites is 2. The zero-order valence-corrected chi connectivity index (χ0v) is 15.4. The molecule has 1 aromatic heterocycles. The van der Waals surface area contributed by atoms with E-state index in [9.17, 15) is 9.59 Å². The molecule has 0 aliphatic heterocycles. The average molecular weight is 365 g/mol. The first-order valence-corrected chi connectivity index (χ1v) is 8.99. The summed E-state index contributed by atoms with van der Waals surface area (Å²) in [6.45, 7) is 0.694. The summed E-state index contributed by atoms with van der Waals surface area (Å²) in [6, 6.07) is 17.4. The molecule has 1 N–H and O–H groups in total. The highest BCUT2D eigenvalue weighted by Gasteiger charge is 2.13. The van der Waals surface area contributed by atoms with Crippen molar-refractivity contribution in [2.75, 3.05) is 13.7 Å². The van der Waals surface area contributed by atoms with Crippen LogP contribution in [0.1, 0.15) is 17.8 Å². The van der Waals surface area contributed by atoms with Gasteiger partial charge < -0.3 is 14.6 Å². The van der Waals surface area contributed by atoms with Crippen LogP contribution in [0, 0.1) is 0 Å². The van der Waals surface area contributed by atoms with E-state index in [1.54, 1.807) is 0 Å². The van der Waals surface area contributed by atoms with Crippen LogP contribution in [-0.2, 0) is 33.7 Å². The van der Waals surface area contributed by atoms with Gasteiger partial charge in [-0.15, -0.1) is 0 Å². The van der Waals surface area contributed by atoms with E-state index in [0.29, 0.717) is 19.4 Å². The molecule has 0 aliphatic carbocycles. The maximum absolute atomic E-state index is 12.0. The molecule has 0 radical (unpaired) electrons. The molecule has 0 fully saturated rings. The second-order valence-electron chi connectivity index (χ2n) is 6.29. The minimum Gasteiger partial charge on any atom is -0.468 e. The number of hydrogen-bond donors (Lipinski definition) is 1. The number of nitrogens with one attached hydrogen (secondary N) is 1. The average Bonchev–Trinajstić information content (AvgIpc) is 3.03. The minimum absolute atomic E-state index is 0.00395. The smallest absolute Gasteiger partial charge is 0.325 e. The topological polar surface area (TPSA) is 73.2 Å². The third kappa shape index (κ3) is 4.94. The van der Waals surface area contributed by atoms with Crippen molar-refractivity contribution in [1.29, 1.82) is 0 Å². The Balaban J connectivity index is 1.57. The van der Waals surface area contributed by atoms with Crippen LogP contribution in [0.5, 0.6) is 0 Å². The molecule has 0 bridgehead atoms. The molecule has 6 heteroatoms. The van der Waals surface area contributed by atoms with Gasteiger partial charge in [-0.05, 0) is 24.1 Å². The quantitative estimate of drug-likeness (QED) is 0.492. The summed E-state index contributed by atoms with van der Waals surface area (Å²) in [5.74, 6) is 0.513. The van der Waals surface area contributed by atoms with Gasteiger partial charge in [0.05, 0.1) is 24.6 Å². The van der Waals surface area contributed by atoms with Crippen molar-refractivity contribution in [2.45, 2.75) is 25.8 Å². The molecule has 0 saturated carbocycles. The monoisotopic (exact) mass is 365 g/mol. The zero-order valence-electron chi connectivity index (χ0n) is 15.4. The molecular formula is C21H23N3O3. The van der Waals surface area contributed by atoms with E-state index >= 15 is 0 Å². The highest BCUT2D eigenvalue weighted by Crippen LogP contribution is 2.17. The first-order valence-electron chi connectivity index (χ1n) is 8.99. The second kappa shape index (κ2) is 8.98. The first-order chi connectivity index (χ1) is 13.2. The molecule has 0 unspecified atom stereocenters. The molecule has 3 aromatic rings. The molecule has 1 heterocycles. The summed E-state index contributed by atoms with van der Waals surface area (Å²) >= 11 is 0. The number of imidazole rings is 1. The van der Waals surface area contributed by atoms with Crippen LogP contribution in [0.25, 0.3) is 11.0 Å². The number of carbonyl (C=O) groups excluding carboxylic acids is 2. The van der Waals surface area contributed by atoms with Crippen LogP contribution >= 0.6 is 0 Å². The molecule has 1 amide bonds. The number of hydrogen-bond acceptors (Lipinski definition) is 4. The highest BCUT2D eigenvalue weighted by molar-refractivity contribution is 5.79. The maximum Gasteiger partial charge on any atom is 0.325 e. The number of nitrogens with zero attached hydrogens (tertiary/aromatic N) is 2. The maximum atomic E-state index is 12.0. The van der Waals surface area contributed by atoms with Gasteiger partial charge in [0.15, 0.2) is 0 Å². The number of aromatic nitrogens is 2.